The lowest BCUT2D eigenvalue weighted by Gasteiger charge is -2.40. The fourth-order valence-electron chi connectivity index (χ4n) is 7.07. The van der Waals surface area contributed by atoms with Crippen molar-refractivity contribution in [3.63, 3.8) is 0 Å². The highest BCUT2D eigenvalue weighted by molar-refractivity contribution is 5.90. The summed E-state index contributed by atoms with van der Waals surface area (Å²) in [6, 6.07) is 9.20. The van der Waals surface area contributed by atoms with Crippen molar-refractivity contribution in [1.82, 2.24) is 15.1 Å². The predicted molar refractivity (Wildman–Crippen MR) is 177 cm³/mol. The molecule has 2 aromatic rings. The van der Waals surface area contributed by atoms with E-state index in [0.717, 1.165) is 18.6 Å². The average Bonchev–Trinajstić information content (AvgIpc) is 3.06. The molecule has 0 aromatic heterocycles. The smallest absolute Gasteiger partial charge is 0.361 e. The van der Waals surface area contributed by atoms with E-state index in [2.05, 4.69) is 10.6 Å². The van der Waals surface area contributed by atoms with Crippen LogP contribution in [0, 0.1) is 17.2 Å². The van der Waals surface area contributed by atoms with E-state index in [4.69, 9.17) is 5.41 Å². The Morgan fingerprint density at radius 3 is 2.12 bits per heavy atom. The van der Waals surface area contributed by atoms with Gasteiger partial charge in [-0.05, 0) is 80.2 Å². The zero-order valence-corrected chi connectivity index (χ0v) is 28.3. The molecule has 2 aliphatic rings. The first-order valence-electron chi connectivity index (χ1n) is 17.0. The Morgan fingerprint density at radius 2 is 1.56 bits per heavy atom. The van der Waals surface area contributed by atoms with Gasteiger partial charge in [0, 0.05) is 44.7 Å². The summed E-state index contributed by atoms with van der Waals surface area (Å²) >= 11 is 0. The third-order valence-electron chi connectivity index (χ3n) is 9.72. The summed E-state index contributed by atoms with van der Waals surface area (Å²) in [6.07, 6.45) is -5.74. The maximum atomic E-state index is 14.4. The summed E-state index contributed by atoms with van der Waals surface area (Å²) in [7, 11) is 0. The van der Waals surface area contributed by atoms with Crippen molar-refractivity contribution in [2.75, 3.05) is 31.5 Å². The zero-order chi connectivity index (χ0) is 36.6. The number of anilines is 1. The highest BCUT2D eigenvalue weighted by Crippen LogP contribution is 2.36. The van der Waals surface area contributed by atoms with Crippen molar-refractivity contribution in [3.05, 3.63) is 65.2 Å². The van der Waals surface area contributed by atoms with Gasteiger partial charge in [-0.15, -0.1) is 0 Å². The highest BCUT2D eigenvalue weighted by atomic mass is 19.4. The molecule has 8 nitrogen and oxygen atoms in total. The maximum absolute atomic E-state index is 14.4. The van der Waals surface area contributed by atoms with Gasteiger partial charge in [-0.3, -0.25) is 19.8 Å². The largest absolute Gasteiger partial charge is 0.471 e. The van der Waals surface area contributed by atoms with Crippen LogP contribution in [0.3, 0.4) is 0 Å². The van der Waals surface area contributed by atoms with Gasteiger partial charge in [-0.25, -0.2) is 0 Å². The fraction of sp³-hybridized carbons (Fsp3) is 0.556. The molecule has 0 radical (unpaired) electrons. The van der Waals surface area contributed by atoms with Crippen LogP contribution in [0.25, 0.3) is 0 Å². The lowest BCUT2D eigenvalue weighted by Crippen LogP contribution is -2.58. The summed E-state index contributed by atoms with van der Waals surface area (Å²) < 4.78 is 84.6. The standard InChI is InChI=1S/C36H45F6N5O3/c1-23(43)46-17-15-26(16-18-46)21-44-33(49)32(27-7-4-3-5-8-27)47(34(50)36(40,41)42)22-29(28-9-6-10-30(20-28)35(37,38)39)19-25-11-13-31(14-12-25)45-24(2)48/h6,9-14,20,26-27,29,32,43H,3-5,7-8,15-19,21-22H2,1-2H3,(H,44,49)(H,45,48). The number of alkyl halides is 6. The van der Waals surface area contributed by atoms with Crippen LogP contribution in [0.4, 0.5) is 32.0 Å². The van der Waals surface area contributed by atoms with E-state index >= 15 is 0 Å². The van der Waals surface area contributed by atoms with E-state index in [1.165, 1.54) is 19.1 Å². The van der Waals surface area contributed by atoms with Gasteiger partial charge in [0.05, 0.1) is 11.4 Å². The summed E-state index contributed by atoms with van der Waals surface area (Å²) in [5.74, 6) is -4.39. The lowest BCUT2D eigenvalue weighted by atomic mass is 9.81. The topological polar surface area (TPSA) is 106 Å². The van der Waals surface area contributed by atoms with Gasteiger partial charge in [-0.2, -0.15) is 26.3 Å². The Labute approximate surface area is 288 Å². The van der Waals surface area contributed by atoms with Crippen LogP contribution < -0.4 is 10.6 Å². The predicted octanol–water partition coefficient (Wildman–Crippen LogP) is 7.16. The third-order valence-corrected chi connectivity index (χ3v) is 9.72. The normalized spacial score (nSPS) is 17.5. The number of amidine groups is 1. The molecule has 2 atom stereocenters. The number of halogens is 6. The van der Waals surface area contributed by atoms with E-state index in [0.29, 0.717) is 73.6 Å². The Balaban J connectivity index is 1.70. The minimum atomic E-state index is -5.34. The summed E-state index contributed by atoms with van der Waals surface area (Å²) in [5.41, 5.74) is 0.0897. The molecule has 2 unspecified atom stereocenters. The molecule has 0 bridgehead atoms. The first-order chi connectivity index (χ1) is 23.5. The Hall–Kier alpha value is -4.10. The molecule has 1 saturated carbocycles. The van der Waals surface area contributed by atoms with Crippen molar-refractivity contribution < 1.29 is 40.7 Å². The van der Waals surface area contributed by atoms with E-state index < -0.39 is 54.2 Å². The zero-order valence-electron chi connectivity index (χ0n) is 28.3. The molecule has 2 aromatic carbocycles. The molecule has 3 amide bonds. The molecule has 1 heterocycles. The van der Waals surface area contributed by atoms with Crippen molar-refractivity contribution in [2.45, 2.75) is 89.5 Å². The van der Waals surface area contributed by atoms with Crippen molar-refractivity contribution >= 4 is 29.2 Å². The summed E-state index contributed by atoms with van der Waals surface area (Å²) in [4.78, 5) is 41.3. The van der Waals surface area contributed by atoms with E-state index in [1.54, 1.807) is 31.2 Å². The van der Waals surface area contributed by atoms with E-state index in [9.17, 15) is 40.7 Å². The molecule has 1 aliphatic carbocycles. The molecular weight excluding hydrogens is 664 g/mol. The van der Waals surface area contributed by atoms with Crippen LogP contribution in [0.1, 0.15) is 81.4 Å². The molecule has 1 aliphatic heterocycles. The van der Waals surface area contributed by atoms with Crippen molar-refractivity contribution in [3.8, 4) is 0 Å². The summed E-state index contributed by atoms with van der Waals surface area (Å²) in [5, 5.41) is 13.3. The minimum Gasteiger partial charge on any atom is -0.361 e. The molecule has 14 heteroatoms. The second kappa shape index (κ2) is 16.7. The number of amides is 3. The molecule has 50 heavy (non-hydrogen) atoms. The van der Waals surface area contributed by atoms with Gasteiger partial charge in [0.15, 0.2) is 0 Å². The van der Waals surface area contributed by atoms with Crippen LogP contribution in [0.2, 0.25) is 0 Å². The number of piperidine rings is 1. The molecule has 4 rings (SSSR count). The maximum Gasteiger partial charge on any atom is 0.471 e. The van der Waals surface area contributed by atoms with Crippen LogP contribution in [0.15, 0.2) is 48.5 Å². The van der Waals surface area contributed by atoms with E-state index in [1.807, 2.05) is 4.90 Å². The number of carbonyl (C=O) groups is 3. The molecule has 1 saturated heterocycles. The average molecular weight is 710 g/mol. The quantitative estimate of drug-likeness (QED) is 0.131. The molecule has 0 spiro atoms. The fourth-order valence-corrected chi connectivity index (χ4v) is 7.07. The monoisotopic (exact) mass is 709 g/mol. The van der Waals surface area contributed by atoms with Gasteiger partial charge >= 0.3 is 18.3 Å². The number of rotatable bonds is 11. The number of likely N-dealkylation sites (tertiary alicyclic amines) is 1. The summed E-state index contributed by atoms with van der Waals surface area (Å²) in [6.45, 7) is 3.79. The molecular formula is C36H45F6N5O3. The second-order valence-corrected chi connectivity index (χ2v) is 13.5. The molecule has 274 valence electrons. The van der Waals surface area contributed by atoms with Crippen molar-refractivity contribution in [1.29, 1.82) is 5.41 Å². The first kappa shape index (κ1) is 38.7. The number of nitrogens with zero attached hydrogens (tertiary/aromatic N) is 2. The first-order valence-corrected chi connectivity index (χ1v) is 17.0. The Bertz CT molecular complexity index is 1480. The van der Waals surface area contributed by atoms with Crippen LogP contribution in [-0.2, 0) is 27.0 Å². The van der Waals surface area contributed by atoms with Gasteiger partial charge in [0.25, 0.3) is 0 Å². The lowest BCUT2D eigenvalue weighted by molar-refractivity contribution is -0.190. The van der Waals surface area contributed by atoms with Gasteiger partial charge < -0.3 is 20.4 Å². The van der Waals surface area contributed by atoms with Gasteiger partial charge in [-0.1, -0.05) is 49.6 Å². The van der Waals surface area contributed by atoms with Gasteiger partial charge in [0.1, 0.15) is 6.04 Å². The highest BCUT2D eigenvalue weighted by Gasteiger charge is 2.49. The number of benzene rings is 2. The second-order valence-electron chi connectivity index (χ2n) is 13.5. The number of nitrogens with one attached hydrogen (secondary N) is 3. The number of carbonyl (C=O) groups excluding carboxylic acids is 3. The van der Waals surface area contributed by atoms with Crippen LogP contribution >= 0.6 is 0 Å². The van der Waals surface area contributed by atoms with Gasteiger partial charge in [0.2, 0.25) is 11.8 Å². The number of hydrogen-bond acceptors (Lipinski definition) is 4. The SMILES string of the molecule is CC(=N)N1CCC(CNC(=O)C(C2CCCCC2)N(CC(Cc2ccc(NC(C)=O)cc2)c2cccc(C(F)(F)F)c2)C(=O)C(F)(F)F)CC1. The number of hydrogen-bond donors (Lipinski definition) is 3. The minimum absolute atomic E-state index is 0.0339. The van der Waals surface area contributed by atoms with E-state index in [-0.39, 0.29) is 30.4 Å². The molecule has 3 N–H and O–H groups in total. The third kappa shape index (κ3) is 10.7. The molecule has 2 fully saturated rings. The van der Waals surface area contributed by atoms with Crippen molar-refractivity contribution in [2.24, 2.45) is 11.8 Å². The van der Waals surface area contributed by atoms with Crippen LogP contribution in [0.5, 0.6) is 0 Å². The van der Waals surface area contributed by atoms with Crippen LogP contribution in [-0.4, -0.2) is 71.8 Å². The Kier molecular flexibility index (Phi) is 13.0. The Morgan fingerprint density at radius 1 is 0.920 bits per heavy atom.